The lowest BCUT2D eigenvalue weighted by Crippen LogP contribution is -2.58. The number of nitrogens with zero attached hydrogens (tertiary/aromatic N) is 5. The van der Waals surface area contributed by atoms with Crippen molar-refractivity contribution in [3.8, 4) is 39.1 Å². The maximum atomic E-state index is 14.0. The number of anilines is 2. The topological polar surface area (TPSA) is 198 Å². The van der Waals surface area contributed by atoms with Crippen LogP contribution in [0.25, 0.3) is 21.6 Å². The molecule has 7 rings (SSSR count). The number of alkyl halides is 3. The van der Waals surface area contributed by atoms with Crippen LogP contribution in [0.1, 0.15) is 76.3 Å². The van der Waals surface area contributed by atoms with Gasteiger partial charge in [0, 0.05) is 31.8 Å². The van der Waals surface area contributed by atoms with Crippen LogP contribution in [0.2, 0.25) is 0 Å². The average molecular weight is 1040 g/mol. The molecule has 5 aromatic rings. The number of phenols is 1. The van der Waals surface area contributed by atoms with Crippen LogP contribution in [0.4, 0.5) is 24.5 Å². The molecule has 384 valence electrons. The predicted molar refractivity (Wildman–Crippen MR) is 274 cm³/mol. The molecule has 1 unspecified atom stereocenters. The first-order chi connectivity index (χ1) is 34.5. The van der Waals surface area contributed by atoms with E-state index in [0.717, 1.165) is 38.7 Å². The monoisotopic (exact) mass is 1040 g/mol. The maximum absolute atomic E-state index is 14.0. The van der Waals surface area contributed by atoms with Gasteiger partial charge in [-0.3, -0.25) is 24.1 Å². The van der Waals surface area contributed by atoms with Crippen LogP contribution in [0.3, 0.4) is 0 Å². The molecule has 0 spiro atoms. The van der Waals surface area contributed by atoms with Crippen LogP contribution >= 0.6 is 23.6 Å². The van der Waals surface area contributed by atoms with Gasteiger partial charge in [-0.1, -0.05) is 63.2 Å². The number of nitriles is 1. The molecule has 2 saturated heterocycles. The number of halogens is 3. The molecule has 0 aliphatic carbocycles. The van der Waals surface area contributed by atoms with Crippen molar-refractivity contribution >= 4 is 63.7 Å². The van der Waals surface area contributed by atoms with Gasteiger partial charge in [-0.15, -0.1) is 11.3 Å². The van der Waals surface area contributed by atoms with Gasteiger partial charge in [0.15, 0.2) is 16.6 Å². The number of amides is 4. The van der Waals surface area contributed by atoms with Crippen molar-refractivity contribution in [2.24, 2.45) is 5.41 Å². The number of aryl methyl sites for hydroxylation is 1. The smallest absolute Gasteiger partial charge is 0.417 e. The Morgan fingerprint density at radius 1 is 0.959 bits per heavy atom. The minimum Gasteiger partial charge on any atom is -0.504 e. The van der Waals surface area contributed by atoms with E-state index >= 15 is 0 Å². The van der Waals surface area contributed by atoms with Crippen molar-refractivity contribution in [3.63, 3.8) is 0 Å². The summed E-state index contributed by atoms with van der Waals surface area (Å²) in [7, 11) is 0. The summed E-state index contributed by atoms with van der Waals surface area (Å²) < 4.78 is 52.8. The number of likely N-dealkylation sites (tertiary alicyclic amines) is 1. The Balaban J connectivity index is 0.855. The Bertz CT molecular complexity index is 2920. The van der Waals surface area contributed by atoms with E-state index in [1.54, 1.807) is 98.8 Å². The van der Waals surface area contributed by atoms with Gasteiger partial charge in [-0.05, 0) is 116 Å². The number of unbranched alkanes of at least 4 members (excludes halogenated alkanes) is 1. The molecule has 3 atom stereocenters. The summed E-state index contributed by atoms with van der Waals surface area (Å²) in [5.41, 5.74) is 2.62. The van der Waals surface area contributed by atoms with E-state index in [4.69, 9.17) is 21.7 Å². The van der Waals surface area contributed by atoms with Crippen LogP contribution in [0.15, 0.2) is 90.4 Å². The zero-order valence-corrected chi connectivity index (χ0v) is 42.7. The van der Waals surface area contributed by atoms with E-state index in [0.29, 0.717) is 29.7 Å². The normalized spacial score (nSPS) is 17.1. The molecule has 15 nitrogen and oxygen atoms in total. The first kappa shape index (κ1) is 53.9. The maximum Gasteiger partial charge on any atom is 0.417 e. The van der Waals surface area contributed by atoms with E-state index < -0.39 is 70.1 Å². The number of rotatable bonds is 17. The predicted octanol–water partition coefficient (Wildman–Crippen LogP) is 8.28. The number of aromatic hydroxyl groups is 1. The van der Waals surface area contributed by atoms with E-state index in [9.17, 15) is 47.8 Å². The number of β-amino-alcohol motifs (C(OH)–C–C–N with tert-alkyl or cyclic N) is 1. The second-order valence-corrected chi connectivity index (χ2v) is 20.7. The Kier molecular flexibility index (Phi) is 16.3. The molecule has 0 bridgehead atoms. The molecule has 20 heteroatoms. The number of carbonyl (C=O) groups is 4. The number of thiocarbonyl (C=S) groups is 1. The second kappa shape index (κ2) is 22.1. The number of aliphatic hydroxyl groups is 1. The average Bonchev–Trinajstić information content (AvgIpc) is 4.01. The van der Waals surface area contributed by atoms with Gasteiger partial charge in [0.05, 0.1) is 51.7 Å². The third kappa shape index (κ3) is 12.1. The molecule has 2 aliphatic heterocycles. The molecule has 3 heterocycles. The zero-order valence-electron chi connectivity index (χ0n) is 41.1. The summed E-state index contributed by atoms with van der Waals surface area (Å²) in [6.45, 7) is 10.9. The van der Waals surface area contributed by atoms with Crippen molar-refractivity contribution in [2.75, 3.05) is 36.2 Å². The summed E-state index contributed by atoms with van der Waals surface area (Å²) in [6.07, 6.45) is -4.63. The Labute approximate surface area is 430 Å². The Morgan fingerprint density at radius 2 is 1.62 bits per heavy atom. The van der Waals surface area contributed by atoms with Gasteiger partial charge < -0.3 is 40.1 Å². The summed E-state index contributed by atoms with van der Waals surface area (Å²) in [6, 6.07) is 22.3. The minimum atomic E-state index is -4.82. The highest BCUT2D eigenvalue weighted by Gasteiger charge is 2.51. The summed E-state index contributed by atoms with van der Waals surface area (Å²) >= 11 is 7.21. The van der Waals surface area contributed by atoms with Crippen LogP contribution in [0, 0.1) is 23.7 Å². The number of hydrogen-bond acceptors (Lipinski definition) is 12. The first-order valence-corrected chi connectivity index (χ1v) is 24.8. The second-order valence-electron chi connectivity index (χ2n) is 19.4. The van der Waals surface area contributed by atoms with Crippen LogP contribution in [-0.4, -0.2) is 98.9 Å². The number of carbonyl (C=O) groups excluding carboxylic acids is 4. The molecule has 4 amide bonds. The number of phenolic OH excluding ortho intramolecular Hbond substituents is 1. The molecule has 4 N–H and O–H groups in total. The third-order valence-corrected chi connectivity index (χ3v) is 14.0. The number of hydrogen-bond donors (Lipinski definition) is 4. The Hall–Kier alpha value is -6.92. The lowest BCUT2D eigenvalue weighted by Gasteiger charge is -2.35. The van der Waals surface area contributed by atoms with E-state index in [1.165, 1.54) is 17.0 Å². The SMILES string of the molecule is Cc1ncsc1-c1ccc(CNC(=O)[C@@H]2C[C@@H](O)CN2C(=O)C(NC(=O)COCCCCOc2ccc(-c3ccc(N4C(=S)N(c5ccc(C#N)c(C(F)(F)F)c5)C(=O)C4(C)C)cc3)cc2O)C(C)(C)C)cc1. The van der Waals surface area contributed by atoms with Crippen molar-refractivity contribution < 1.29 is 52.0 Å². The van der Waals surface area contributed by atoms with Gasteiger partial charge in [-0.2, -0.15) is 18.4 Å². The van der Waals surface area contributed by atoms with Gasteiger partial charge in [0.1, 0.15) is 24.2 Å². The fraction of sp³-hybridized carbons (Fsp3) is 0.377. The molecule has 1 aromatic heterocycles. The largest absolute Gasteiger partial charge is 0.504 e. The summed E-state index contributed by atoms with van der Waals surface area (Å²) in [5.74, 6) is -1.81. The fourth-order valence-electron chi connectivity index (χ4n) is 8.72. The van der Waals surface area contributed by atoms with Crippen LogP contribution < -0.4 is 25.2 Å². The van der Waals surface area contributed by atoms with Crippen LogP contribution in [0.5, 0.6) is 11.5 Å². The summed E-state index contributed by atoms with van der Waals surface area (Å²) in [4.78, 5) is 63.5. The molecule has 2 aliphatic rings. The molecular formula is C53H56F3N7O8S2. The van der Waals surface area contributed by atoms with E-state index in [1.807, 2.05) is 31.2 Å². The van der Waals surface area contributed by atoms with Gasteiger partial charge in [0.2, 0.25) is 17.7 Å². The molecule has 2 fully saturated rings. The molecule has 4 aromatic carbocycles. The van der Waals surface area contributed by atoms with Gasteiger partial charge in [-0.25, -0.2) is 4.98 Å². The molecule has 0 radical (unpaired) electrons. The quantitative estimate of drug-likeness (QED) is 0.0515. The zero-order chi connectivity index (χ0) is 53.0. The minimum absolute atomic E-state index is 0.0363. The number of ether oxygens (including phenoxy) is 2. The van der Waals surface area contributed by atoms with Crippen molar-refractivity contribution in [2.45, 2.75) is 97.3 Å². The number of aromatic nitrogens is 1. The lowest BCUT2D eigenvalue weighted by atomic mass is 9.85. The third-order valence-electron chi connectivity index (χ3n) is 12.7. The number of thiazole rings is 1. The fourth-order valence-corrected chi connectivity index (χ4v) is 10.1. The van der Waals surface area contributed by atoms with Gasteiger partial charge >= 0.3 is 6.18 Å². The molecular weight excluding hydrogens is 984 g/mol. The van der Waals surface area contributed by atoms with E-state index in [-0.39, 0.29) is 61.6 Å². The first-order valence-electron chi connectivity index (χ1n) is 23.5. The molecule has 0 saturated carbocycles. The van der Waals surface area contributed by atoms with E-state index in [2.05, 4.69) is 15.6 Å². The summed E-state index contributed by atoms with van der Waals surface area (Å²) in [5, 5.41) is 36.3. The van der Waals surface area contributed by atoms with Crippen molar-refractivity contribution in [1.29, 1.82) is 5.26 Å². The van der Waals surface area contributed by atoms with Gasteiger partial charge in [0.25, 0.3) is 5.91 Å². The Morgan fingerprint density at radius 3 is 2.25 bits per heavy atom. The van der Waals surface area contributed by atoms with Crippen molar-refractivity contribution in [1.82, 2.24) is 20.5 Å². The van der Waals surface area contributed by atoms with Crippen molar-refractivity contribution in [3.05, 3.63) is 113 Å². The van der Waals surface area contributed by atoms with Crippen LogP contribution in [-0.2, 0) is 36.6 Å². The number of nitrogens with one attached hydrogen (secondary N) is 2. The molecule has 73 heavy (non-hydrogen) atoms. The highest BCUT2D eigenvalue weighted by Crippen LogP contribution is 2.41. The standard InChI is InChI=1S/C53H56F3N7O8S2/c1-31-45(73-30-59-31)34-11-9-32(10-12-34)27-58-47(67)41-25-39(64)28-61(41)48(68)46(51(2,3)4)60-44(66)29-70-21-7-8-22-71-43-20-16-35(23-42(43)65)33-13-17-37(18-14-33)63-50(72)62(49(69)52(63,5)6)38-19-15-36(26-57)40(24-38)53(54,55)56/h9-20,23-24,30,39,41,46,64-65H,7-8,21-22,25,27-29H2,1-6H3,(H,58,67)(H,60,66)/t39-,41+,46?/m1/s1. The highest BCUT2D eigenvalue weighted by molar-refractivity contribution is 7.81. The highest BCUT2D eigenvalue weighted by atomic mass is 32.1. The lowest BCUT2D eigenvalue weighted by molar-refractivity contribution is -0.144. The number of aliphatic hydroxyl groups excluding tert-OH is 1. The number of benzene rings is 4.